The maximum atomic E-state index is 12.7. The normalized spacial score (nSPS) is 12.3. The first-order chi connectivity index (χ1) is 11.2. The minimum Gasteiger partial charge on any atom is -0.268 e. The van der Waals surface area contributed by atoms with Gasteiger partial charge in [0, 0.05) is 11.1 Å². The van der Waals surface area contributed by atoms with Crippen LogP contribution < -0.4 is 4.90 Å². The number of carbonyl (C=O) groups is 2. The van der Waals surface area contributed by atoms with Crippen molar-refractivity contribution in [3.8, 4) is 12.1 Å². The lowest BCUT2D eigenvalue weighted by molar-refractivity contribution is -0.112. The summed E-state index contributed by atoms with van der Waals surface area (Å²) in [7, 11) is 0. The molecule has 0 aromatic heterocycles. The van der Waals surface area contributed by atoms with Gasteiger partial charge in [-0.2, -0.15) is 10.5 Å². The van der Waals surface area contributed by atoms with E-state index < -0.39 is 11.8 Å². The summed E-state index contributed by atoms with van der Waals surface area (Å²) in [5, 5.41) is 18.2. The highest BCUT2D eigenvalue weighted by Gasteiger charge is 2.38. The number of hydrogen-bond donors (Lipinski definition) is 0. The zero-order chi connectivity index (χ0) is 16.4. The number of nitriles is 2. The molecule has 2 aromatic rings. The Bertz CT molecular complexity index is 915. The van der Waals surface area contributed by atoms with Gasteiger partial charge in [0.2, 0.25) is 0 Å². The molecule has 1 aliphatic heterocycles. The molecule has 0 aliphatic carbocycles. The van der Waals surface area contributed by atoms with Crippen LogP contribution in [-0.2, 0) is 4.79 Å². The van der Waals surface area contributed by atoms with Crippen LogP contribution in [0.25, 0.3) is 5.57 Å². The molecule has 3 rings (SSSR count). The molecule has 0 spiro atoms. The number of amides is 2. The van der Waals surface area contributed by atoms with Gasteiger partial charge in [-0.25, -0.2) is 4.90 Å². The molecule has 2 amide bonds. The number of fused-ring (bicyclic) bond motifs is 1. The number of anilines is 1. The Morgan fingerprint density at radius 1 is 0.913 bits per heavy atom. The molecule has 0 N–H and O–H groups in total. The highest BCUT2D eigenvalue weighted by atomic mass is 16.2. The molecular weight excluding hydrogens is 290 g/mol. The number of carbonyl (C=O) groups excluding carboxylic acids is 2. The first-order valence-electron chi connectivity index (χ1n) is 6.76. The second kappa shape index (κ2) is 5.59. The van der Waals surface area contributed by atoms with E-state index >= 15 is 0 Å². The van der Waals surface area contributed by atoms with Crippen LogP contribution in [0.3, 0.4) is 0 Å². The number of allylic oxidation sites excluding steroid dienone is 1. The predicted octanol–water partition coefficient (Wildman–Crippen LogP) is 2.67. The second-order valence-corrected chi connectivity index (χ2v) is 4.80. The van der Waals surface area contributed by atoms with Gasteiger partial charge >= 0.3 is 0 Å². The van der Waals surface area contributed by atoms with Gasteiger partial charge in [0.25, 0.3) is 11.8 Å². The van der Waals surface area contributed by atoms with Gasteiger partial charge in [-0.3, -0.25) is 9.59 Å². The monoisotopic (exact) mass is 299 g/mol. The standard InChI is InChI=1S/C18H9N3O2/c19-10-13(11-20)16-14-8-4-5-9-15(14)21(18(16)23)17(22)12-6-2-1-3-7-12/h1-9H. The van der Waals surface area contributed by atoms with Crippen molar-refractivity contribution < 1.29 is 9.59 Å². The van der Waals surface area contributed by atoms with Gasteiger partial charge < -0.3 is 0 Å². The summed E-state index contributed by atoms with van der Waals surface area (Å²) in [4.78, 5) is 26.4. The summed E-state index contributed by atoms with van der Waals surface area (Å²) < 4.78 is 0. The molecule has 23 heavy (non-hydrogen) atoms. The average Bonchev–Trinajstić information content (AvgIpc) is 2.89. The van der Waals surface area contributed by atoms with Crippen molar-refractivity contribution in [2.24, 2.45) is 0 Å². The Morgan fingerprint density at radius 3 is 2.17 bits per heavy atom. The average molecular weight is 299 g/mol. The van der Waals surface area contributed by atoms with E-state index in [4.69, 9.17) is 10.5 Å². The lowest BCUT2D eigenvalue weighted by Crippen LogP contribution is -2.33. The van der Waals surface area contributed by atoms with Gasteiger partial charge in [-0.15, -0.1) is 0 Å². The summed E-state index contributed by atoms with van der Waals surface area (Å²) in [5.74, 6) is -1.15. The molecule has 0 radical (unpaired) electrons. The second-order valence-electron chi connectivity index (χ2n) is 4.80. The van der Waals surface area contributed by atoms with Crippen LogP contribution in [0, 0.1) is 22.7 Å². The summed E-state index contributed by atoms with van der Waals surface area (Å²) >= 11 is 0. The quantitative estimate of drug-likeness (QED) is 0.460. The van der Waals surface area contributed by atoms with Gasteiger partial charge in [0.05, 0.1) is 11.3 Å². The molecule has 0 unspecified atom stereocenters. The topological polar surface area (TPSA) is 85.0 Å². The van der Waals surface area contributed by atoms with Gasteiger partial charge in [0.15, 0.2) is 0 Å². The summed E-state index contributed by atoms with van der Waals surface area (Å²) in [6, 6.07) is 18.5. The van der Waals surface area contributed by atoms with Crippen LogP contribution in [-0.4, -0.2) is 11.8 Å². The van der Waals surface area contributed by atoms with E-state index in [1.54, 1.807) is 66.7 Å². The molecule has 2 aromatic carbocycles. The van der Waals surface area contributed by atoms with Gasteiger partial charge in [-0.1, -0.05) is 36.4 Å². The molecule has 0 atom stereocenters. The van der Waals surface area contributed by atoms with E-state index in [9.17, 15) is 9.59 Å². The SMILES string of the molecule is N#CC(C#N)=C1C(=O)N(C(=O)c2ccccc2)c2ccccc21. The highest BCUT2D eigenvalue weighted by Crippen LogP contribution is 2.38. The lowest BCUT2D eigenvalue weighted by Gasteiger charge is -2.14. The van der Waals surface area contributed by atoms with Crippen molar-refractivity contribution in [1.82, 2.24) is 0 Å². The third-order valence-corrected chi connectivity index (χ3v) is 3.53. The number of rotatable bonds is 1. The number of benzene rings is 2. The molecule has 0 saturated heterocycles. The zero-order valence-electron chi connectivity index (χ0n) is 11.9. The lowest BCUT2D eigenvalue weighted by atomic mass is 10.0. The Balaban J connectivity index is 2.21. The van der Waals surface area contributed by atoms with E-state index in [1.807, 2.05) is 0 Å². The third kappa shape index (κ3) is 2.17. The Labute approximate surface area is 132 Å². The summed E-state index contributed by atoms with van der Waals surface area (Å²) in [5.41, 5.74) is 0.817. The Kier molecular flexibility index (Phi) is 3.46. The van der Waals surface area contributed by atoms with Crippen molar-refractivity contribution in [2.45, 2.75) is 0 Å². The molecule has 1 heterocycles. The number of hydrogen-bond acceptors (Lipinski definition) is 4. The Hall–Kier alpha value is -3.70. The smallest absolute Gasteiger partial charge is 0.268 e. The first kappa shape index (κ1) is 14.2. The van der Waals surface area contributed by atoms with Crippen LogP contribution in [0.4, 0.5) is 5.69 Å². The Morgan fingerprint density at radius 2 is 1.52 bits per heavy atom. The molecule has 0 saturated carbocycles. The van der Waals surface area contributed by atoms with E-state index in [2.05, 4.69) is 0 Å². The fourth-order valence-electron chi connectivity index (χ4n) is 2.51. The summed E-state index contributed by atoms with van der Waals surface area (Å²) in [6.45, 7) is 0. The largest absolute Gasteiger partial charge is 0.268 e. The van der Waals surface area contributed by atoms with Crippen LogP contribution in [0.5, 0.6) is 0 Å². The number of nitrogens with zero attached hydrogens (tertiary/aromatic N) is 3. The van der Waals surface area contributed by atoms with E-state index in [1.165, 1.54) is 0 Å². The number of imide groups is 1. The van der Waals surface area contributed by atoms with Crippen molar-refractivity contribution in [3.63, 3.8) is 0 Å². The van der Waals surface area contributed by atoms with Crippen molar-refractivity contribution >= 4 is 23.1 Å². The fraction of sp³-hybridized carbons (Fsp3) is 0. The van der Waals surface area contributed by atoms with Gasteiger partial charge in [-0.05, 0) is 18.2 Å². The molecule has 108 valence electrons. The molecule has 5 nitrogen and oxygen atoms in total. The van der Waals surface area contributed by atoms with Gasteiger partial charge in [0.1, 0.15) is 17.7 Å². The van der Waals surface area contributed by atoms with E-state index in [0.29, 0.717) is 16.8 Å². The maximum absolute atomic E-state index is 12.7. The first-order valence-corrected chi connectivity index (χ1v) is 6.76. The van der Waals surface area contributed by atoms with E-state index in [-0.39, 0.29) is 11.1 Å². The summed E-state index contributed by atoms with van der Waals surface area (Å²) in [6.07, 6.45) is 0. The van der Waals surface area contributed by atoms with Crippen LogP contribution in [0.1, 0.15) is 15.9 Å². The molecule has 0 fully saturated rings. The molecular formula is C18H9N3O2. The molecule has 0 bridgehead atoms. The minimum atomic E-state index is -0.654. The van der Waals surface area contributed by atoms with E-state index in [0.717, 1.165) is 4.90 Å². The zero-order valence-corrected chi connectivity index (χ0v) is 11.9. The van der Waals surface area contributed by atoms with Crippen molar-refractivity contribution in [3.05, 3.63) is 71.3 Å². The third-order valence-electron chi connectivity index (χ3n) is 3.53. The minimum absolute atomic E-state index is 0.0325. The van der Waals surface area contributed by atoms with Crippen LogP contribution >= 0.6 is 0 Å². The van der Waals surface area contributed by atoms with Crippen molar-refractivity contribution in [1.29, 1.82) is 10.5 Å². The van der Waals surface area contributed by atoms with Crippen LogP contribution in [0.15, 0.2) is 60.2 Å². The molecule has 5 heteroatoms. The molecule has 1 aliphatic rings. The van der Waals surface area contributed by atoms with Crippen molar-refractivity contribution in [2.75, 3.05) is 4.90 Å². The highest BCUT2D eigenvalue weighted by molar-refractivity contribution is 6.42. The van der Waals surface area contributed by atoms with Crippen LogP contribution in [0.2, 0.25) is 0 Å². The number of para-hydroxylation sites is 1. The fourth-order valence-corrected chi connectivity index (χ4v) is 2.51. The predicted molar refractivity (Wildman–Crippen MR) is 82.8 cm³/mol. The maximum Gasteiger partial charge on any atom is 0.268 e.